The Morgan fingerprint density at radius 3 is 2.41 bits per heavy atom. The highest BCUT2D eigenvalue weighted by Crippen LogP contribution is 2.42. The minimum Gasteiger partial charge on any atom is -0.457 e. The van der Waals surface area contributed by atoms with Gasteiger partial charge in [-0.25, -0.2) is 9.59 Å². The Morgan fingerprint density at radius 1 is 1.03 bits per heavy atom. The molecule has 0 bridgehead atoms. The highest BCUT2D eigenvalue weighted by Gasteiger charge is 2.39. The van der Waals surface area contributed by atoms with Crippen molar-refractivity contribution >= 4 is 11.9 Å². The van der Waals surface area contributed by atoms with E-state index in [-0.39, 0.29) is 18.0 Å². The highest BCUT2D eigenvalue weighted by atomic mass is 16.5. The first-order chi connectivity index (χ1) is 15.5. The van der Waals surface area contributed by atoms with Crippen LogP contribution in [-0.4, -0.2) is 68.2 Å². The molecule has 7 nitrogen and oxygen atoms in total. The number of hydrogen-bond donors (Lipinski definition) is 0. The number of methoxy groups -OCH3 is 1. The number of carbonyl (C=O) groups excluding carboxylic acids is 2. The molecule has 0 amide bonds. The Kier molecular flexibility index (Phi) is 5.72. The van der Waals surface area contributed by atoms with E-state index in [0.717, 1.165) is 55.1 Å². The molecule has 2 fully saturated rings. The molecule has 5 rings (SSSR count). The predicted molar refractivity (Wildman–Crippen MR) is 118 cm³/mol. The molecule has 1 spiro atoms. The van der Waals surface area contributed by atoms with Crippen molar-refractivity contribution in [3.63, 3.8) is 0 Å². The number of hydrogen-bond acceptors (Lipinski definition) is 7. The maximum Gasteiger partial charge on any atom is 0.338 e. The van der Waals surface area contributed by atoms with E-state index in [1.54, 1.807) is 13.2 Å². The summed E-state index contributed by atoms with van der Waals surface area (Å²) in [6, 6.07) is 3.92. The van der Waals surface area contributed by atoms with E-state index in [4.69, 9.17) is 14.2 Å². The smallest absolute Gasteiger partial charge is 0.338 e. The number of rotatable bonds is 5. The van der Waals surface area contributed by atoms with Gasteiger partial charge in [-0.3, -0.25) is 0 Å². The normalized spacial score (nSPS) is 23.7. The lowest BCUT2D eigenvalue weighted by Crippen LogP contribution is -2.47. The molecule has 4 aliphatic heterocycles. The molecule has 1 atom stereocenters. The van der Waals surface area contributed by atoms with Crippen LogP contribution in [0.15, 0.2) is 23.9 Å². The van der Waals surface area contributed by atoms with Crippen molar-refractivity contribution in [1.82, 2.24) is 9.80 Å². The predicted octanol–water partition coefficient (Wildman–Crippen LogP) is 2.97. The highest BCUT2D eigenvalue weighted by molar-refractivity contribution is 5.94. The zero-order valence-electron chi connectivity index (χ0n) is 19.0. The van der Waals surface area contributed by atoms with E-state index in [0.29, 0.717) is 24.2 Å². The van der Waals surface area contributed by atoms with Gasteiger partial charge in [-0.05, 0) is 68.3 Å². The fourth-order valence-corrected chi connectivity index (χ4v) is 5.78. The van der Waals surface area contributed by atoms with Gasteiger partial charge in [-0.1, -0.05) is 6.07 Å². The molecule has 0 unspecified atom stereocenters. The molecule has 7 heteroatoms. The van der Waals surface area contributed by atoms with Gasteiger partial charge in [-0.15, -0.1) is 0 Å². The SMILES string of the molecule is CO[C@H](CN1CCC2(CC1)CCN(C1=CC(=O)OC1)CC2)c1ccc2c(c1C)COC2=O. The van der Waals surface area contributed by atoms with Gasteiger partial charge >= 0.3 is 11.9 Å². The van der Waals surface area contributed by atoms with E-state index in [1.807, 2.05) is 12.1 Å². The number of carbonyl (C=O) groups is 2. The number of benzene rings is 1. The second kappa shape index (κ2) is 8.52. The summed E-state index contributed by atoms with van der Waals surface area (Å²) in [6.07, 6.45) is 6.40. The number of esters is 2. The van der Waals surface area contributed by atoms with Crippen LogP contribution in [0.2, 0.25) is 0 Å². The lowest BCUT2D eigenvalue weighted by atomic mass is 9.71. The fraction of sp³-hybridized carbons (Fsp3) is 0.600. The van der Waals surface area contributed by atoms with Crippen LogP contribution in [-0.2, 0) is 25.6 Å². The molecule has 32 heavy (non-hydrogen) atoms. The summed E-state index contributed by atoms with van der Waals surface area (Å²) in [5, 5.41) is 0. The number of cyclic esters (lactones) is 2. The summed E-state index contributed by atoms with van der Waals surface area (Å²) in [5.41, 5.74) is 5.42. The van der Waals surface area contributed by atoms with Crippen LogP contribution in [0.5, 0.6) is 0 Å². The maximum atomic E-state index is 11.9. The molecule has 2 saturated heterocycles. The lowest BCUT2D eigenvalue weighted by Gasteiger charge is -2.48. The number of piperidine rings is 2. The molecule has 1 aromatic rings. The summed E-state index contributed by atoms with van der Waals surface area (Å²) in [4.78, 5) is 28.1. The molecule has 0 radical (unpaired) electrons. The monoisotopic (exact) mass is 440 g/mol. The Labute approximate surface area is 189 Å². The molecule has 0 N–H and O–H groups in total. The zero-order chi connectivity index (χ0) is 22.3. The van der Waals surface area contributed by atoms with Crippen molar-refractivity contribution in [1.29, 1.82) is 0 Å². The summed E-state index contributed by atoms with van der Waals surface area (Å²) in [6.45, 7) is 7.91. The van der Waals surface area contributed by atoms with Crippen LogP contribution in [0.4, 0.5) is 0 Å². The van der Waals surface area contributed by atoms with Crippen molar-refractivity contribution < 1.29 is 23.8 Å². The van der Waals surface area contributed by atoms with Crippen molar-refractivity contribution in [2.45, 2.75) is 45.3 Å². The Balaban J connectivity index is 1.18. The van der Waals surface area contributed by atoms with E-state index < -0.39 is 0 Å². The number of ether oxygens (including phenoxy) is 3. The van der Waals surface area contributed by atoms with Gasteiger partial charge in [0.15, 0.2) is 0 Å². The van der Waals surface area contributed by atoms with Crippen molar-refractivity contribution in [3.05, 3.63) is 46.2 Å². The third-order valence-electron chi connectivity index (χ3n) is 8.06. The molecule has 172 valence electrons. The third kappa shape index (κ3) is 3.92. The largest absolute Gasteiger partial charge is 0.457 e. The molecular weight excluding hydrogens is 408 g/mol. The minimum absolute atomic E-state index is 0.0151. The molecule has 0 aromatic heterocycles. The van der Waals surface area contributed by atoms with Crippen molar-refractivity contribution in [3.8, 4) is 0 Å². The molecule has 1 aromatic carbocycles. The summed E-state index contributed by atoms with van der Waals surface area (Å²) < 4.78 is 16.2. The molecular formula is C25H32N2O5. The summed E-state index contributed by atoms with van der Waals surface area (Å²) in [7, 11) is 1.77. The molecule has 4 heterocycles. The Bertz CT molecular complexity index is 938. The van der Waals surface area contributed by atoms with E-state index in [2.05, 4.69) is 16.7 Å². The fourth-order valence-electron chi connectivity index (χ4n) is 5.78. The zero-order valence-corrected chi connectivity index (χ0v) is 19.0. The second-order valence-electron chi connectivity index (χ2n) is 9.64. The van der Waals surface area contributed by atoms with Gasteiger partial charge in [-0.2, -0.15) is 0 Å². The summed E-state index contributed by atoms with van der Waals surface area (Å²) in [5.74, 6) is -0.432. The summed E-state index contributed by atoms with van der Waals surface area (Å²) >= 11 is 0. The van der Waals surface area contributed by atoms with Crippen LogP contribution >= 0.6 is 0 Å². The van der Waals surface area contributed by atoms with Gasteiger partial charge in [0.1, 0.15) is 13.2 Å². The Hall–Kier alpha value is -2.38. The van der Waals surface area contributed by atoms with Gasteiger partial charge in [0, 0.05) is 38.4 Å². The average Bonchev–Trinajstić information content (AvgIpc) is 3.41. The standard InChI is InChI=1S/C25H32N2O5/c1-17-19(3-4-20-21(17)16-32-24(20)29)22(30-2)14-26-9-5-25(6-10-26)7-11-27(12-8-25)18-13-23(28)31-15-18/h3-4,13,22H,5-12,14-16H2,1-2H3/t22-/m1/s1. The second-order valence-corrected chi connectivity index (χ2v) is 9.64. The van der Waals surface area contributed by atoms with Gasteiger partial charge in [0.25, 0.3) is 0 Å². The lowest BCUT2D eigenvalue weighted by molar-refractivity contribution is -0.135. The quantitative estimate of drug-likeness (QED) is 0.652. The minimum atomic E-state index is -0.223. The van der Waals surface area contributed by atoms with Gasteiger partial charge < -0.3 is 24.0 Å². The van der Waals surface area contributed by atoms with Crippen LogP contribution in [0, 0.1) is 12.3 Å². The Morgan fingerprint density at radius 2 is 1.75 bits per heavy atom. The maximum absolute atomic E-state index is 11.9. The first-order valence-electron chi connectivity index (χ1n) is 11.6. The third-order valence-corrected chi connectivity index (χ3v) is 8.06. The van der Waals surface area contributed by atoms with E-state index >= 15 is 0 Å². The van der Waals surface area contributed by atoms with Gasteiger partial charge in [0.2, 0.25) is 0 Å². The van der Waals surface area contributed by atoms with E-state index in [1.165, 1.54) is 25.7 Å². The van der Waals surface area contributed by atoms with Crippen molar-refractivity contribution in [2.75, 3.05) is 46.4 Å². The topological polar surface area (TPSA) is 68.3 Å². The number of nitrogens with zero attached hydrogens (tertiary/aromatic N) is 2. The molecule has 0 saturated carbocycles. The first-order valence-corrected chi connectivity index (χ1v) is 11.6. The van der Waals surface area contributed by atoms with E-state index in [9.17, 15) is 9.59 Å². The van der Waals surface area contributed by atoms with Crippen LogP contribution in [0.3, 0.4) is 0 Å². The first kappa shape index (κ1) is 21.5. The molecule has 4 aliphatic rings. The van der Waals surface area contributed by atoms with Gasteiger partial charge in [0.05, 0.1) is 17.4 Å². The number of likely N-dealkylation sites (tertiary alicyclic amines) is 2. The van der Waals surface area contributed by atoms with Crippen LogP contribution < -0.4 is 0 Å². The van der Waals surface area contributed by atoms with Crippen LogP contribution in [0.25, 0.3) is 0 Å². The number of fused-ring (bicyclic) bond motifs is 1. The van der Waals surface area contributed by atoms with Crippen LogP contribution in [0.1, 0.15) is 58.8 Å². The molecule has 0 aliphatic carbocycles. The average molecular weight is 441 g/mol. The van der Waals surface area contributed by atoms with Crippen molar-refractivity contribution in [2.24, 2.45) is 5.41 Å².